The third-order valence-corrected chi connectivity index (χ3v) is 6.17. The van der Waals surface area contributed by atoms with Gasteiger partial charge in [-0.1, -0.05) is 55.0 Å². The topological polar surface area (TPSA) is 127 Å². The van der Waals surface area contributed by atoms with Crippen molar-refractivity contribution in [2.45, 2.75) is 58.3 Å². The second-order valence-corrected chi connectivity index (χ2v) is 9.09. The molecule has 0 fully saturated rings. The van der Waals surface area contributed by atoms with Crippen LogP contribution < -0.4 is 20.7 Å². The fourth-order valence-corrected chi connectivity index (χ4v) is 4.11. The molecule has 1 aliphatic heterocycles. The molecular weight excluding hydrogens is 472 g/mol. The average Bonchev–Trinajstić information content (AvgIpc) is 3.35. The standard InChI is InChI=1S/C27H32N6O4/c1-3-7-22-27(36)30-23(14-19-8-5-4-6-9-19)26(35)28-16-21-17-33(32-31-21)12-13-37-24-15-20(25(34)29-22)11-10-18(24)2/h4-6,8-11,15,17,22-23H,3,7,12-14,16H2,1-2H3,(H,28,35)(H,29,34)(H,30,36)/t22-,23-/m0/s1. The monoisotopic (exact) mass is 504 g/mol. The molecule has 3 amide bonds. The second kappa shape index (κ2) is 12.2. The van der Waals surface area contributed by atoms with Crippen molar-refractivity contribution in [1.82, 2.24) is 30.9 Å². The van der Waals surface area contributed by atoms with Crippen molar-refractivity contribution in [3.8, 4) is 5.75 Å². The molecule has 3 aromatic rings. The number of carbonyl (C=O) groups is 3. The number of fused-ring (bicyclic) bond motifs is 4. The first-order valence-electron chi connectivity index (χ1n) is 12.5. The summed E-state index contributed by atoms with van der Waals surface area (Å²) in [5.74, 6) is -0.562. The largest absolute Gasteiger partial charge is 0.491 e. The van der Waals surface area contributed by atoms with E-state index in [0.717, 1.165) is 11.1 Å². The Balaban J connectivity index is 1.62. The molecule has 2 atom stereocenters. The number of benzene rings is 2. The molecule has 0 saturated heterocycles. The Kier molecular flexibility index (Phi) is 8.50. The lowest BCUT2D eigenvalue weighted by Gasteiger charge is -2.23. The average molecular weight is 505 g/mol. The van der Waals surface area contributed by atoms with Gasteiger partial charge in [-0.2, -0.15) is 0 Å². The third-order valence-electron chi connectivity index (χ3n) is 6.17. The molecule has 1 aliphatic rings. The maximum absolute atomic E-state index is 13.3. The van der Waals surface area contributed by atoms with Crippen LogP contribution in [-0.4, -0.2) is 51.4 Å². The van der Waals surface area contributed by atoms with Gasteiger partial charge in [0, 0.05) is 12.0 Å². The Morgan fingerprint density at radius 1 is 1.03 bits per heavy atom. The second-order valence-electron chi connectivity index (χ2n) is 9.09. The highest BCUT2D eigenvalue weighted by Crippen LogP contribution is 2.20. The first kappa shape index (κ1) is 25.9. The van der Waals surface area contributed by atoms with Gasteiger partial charge in [0.15, 0.2) is 0 Å². The van der Waals surface area contributed by atoms with Crippen LogP contribution in [0.2, 0.25) is 0 Å². The normalized spacial score (nSPS) is 19.0. The minimum Gasteiger partial charge on any atom is -0.491 e. The predicted molar refractivity (Wildman–Crippen MR) is 137 cm³/mol. The van der Waals surface area contributed by atoms with Crippen LogP contribution in [0.5, 0.6) is 5.75 Å². The summed E-state index contributed by atoms with van der Waals surface area (Å²) < 4.78 is 7.54. The summed E-state index contributed by atoms with van der Waals surface area (Å²) >= 11 is 0. The lowest BCUT2D eigenvalue weighted by Crippen LogP contribution is -2.54. The Labute approximate surface area is 215 Å². The molecule has 4 rings (SSSR count). The van der Waals surface area contributed by atoms with Gasteiger partial charge in [0.05, 0.1) is 19.3 Å². The van der Waals surface area contributed by atoms with Gasteiger partial charge in [0.25, 0.3) is 5.91 Å². The number of aromatic nitrogens is 3. The first-order valence-corrected chi connectivity index (χ1v) is 12.5. The van der Waals surface area contributed by atoms with Gasteiger partial charge in [0.1, 0.15) is 30.1 Å². The zero-order valence-corrected chi connectivity index (χ0v) is 21.1. The van der Waals surface area contributed by atoms with Crippen molar-refractivity contribution in [2.24, 2.45) is 0 Å². The molecule has 2 aromatic carbocycles. The molecule has 2 heterocycles. The van der Waals surface area contributed by atoms with Gasteiger partial charge in [-0.05, 0) is 36.6 Å². The third kappa shape index (κ3) is 6.93. The van der Waals surface area contributed by atoms with E-state index in [-0.39, 0.29) is 18.4 Å². The van der Waals surface area contributed by atoms with E-state index >= 15 is 0 Å². The van der Waals surface area contributed by atoms with Crippen LogP contribution in [0.3, 0.4) is 0 Å². The molecule has 194 valence electrons. The highest BCUT2D eigenvalue weighted by molar-refractivity contribution is 5.98. The van der Waals surface area contributed by atoms with Crippen molar-refractivity contribution in [1.29, 1.82) is 0 Å². The fourth-order valence-electron chi connectivity index (χ4n) is 4.11. The molecule has 0 aliphatic carbocycles. The molecule has 0 saturated carbocycles. The van der Waals surface area contributed by atoms with E-state index in [2.05, 4.69) is 26.3 Å². The SMILES string of the molecule is CCC[C@@H]1NC(=O)c2ccc(C)c(c2)OCCn2cc(nn2)CNC(=O)[C@H](Cc2ccccc2)NC1=O. The van der Waals surface area contributed by atoms with Crippen LogP contribution in [0.4, 0.5) is 0 Å². The van der Waals surface area contributed by atoms with Crippen molar-refractivity contribution in [3.63, 3.8) is 0 Å². The van der Waals surface area contributed by atoms with E-state index in [4.69, 9.17) is 4.74 Å². The lowest BCUT2D eigenvalue weighted by atomic mass is 10.0. The number of hydrogen-bond acceptors (Lipinski definition) is 6. The van der Waals surface area contributed by atoms with Gasteiger partial charge < -0.3 is 20.7 Å². The number of amides is 3. The summed E-state index contributed by atoms with van der Waals surface area (Å²) in [6.07, 6.45) is 3.14. The predicted octanol–water partition coefficient (Wildman–Crippen LogP) is 1.92. The minimum atomic E-state index is -0.834. The number of nitrogens with one attached hydrogen (secondary N) is 3. The molecule has 37 heavy (non-hydrogen) atoms. The van der Waals surface area contributed by atoms with Crippen LogP contribution in [0.1, 0.15) is 46.9 Å². The van der Waals surface area contributed by atoms with Gasteiger partial charge in [-0.25, -0.2) is 4.68 Å². The summed E-state index contributed by atoms with van der Waals surface area (Å²) in [6, 6.07) is 13.0. The maximum atomic E-state index is 13.3. The molecular formula is C27H32N6O4. The van der Waals surface area contributed by atoms with E-state index in [9.17, 15) is 14.4 Å². The summed E-state index contributed by atoms with van der Waals surface area (Å²) in [5, 5.41) is 16.8. The number of nitrogens with zero attached hydrogens (tertiary/aromatic N) is 3. The van der Waals surface area contributed by atoms with Crippen molar-refractivity contribution >= 4 is 17.7 Å². The number of ether oxygens (including phenoxy) is 1. The van der Waals surface area contributed by atoms with E-state index in [1.54, 1.807) is 23.0 Å². The van der Waals surface area contributed by atoms with Gasteiger partial charge in [-0.15, -0.1) is 5.10 Å². The zero-order chi connectivity index (χ0) is 26.2. The summed E-state index contributed by atoms with van der Waals surface area (Å²) in [6.45, 7) is 4.77. The molecule has 0 spiro atoms. The molecule has 0 radical (unpaired) electrons. The Morgan fingerprint density at radius 2 is 1.84 bits per heavy atom. The smallest absolute Gasteiger partial charge is 0.252 e. The number of rotatable bonds is 4. The molecule has 1 aromatic heterocycles. The highest BCUT2D eigenvalue weighted by Gasteiger charge is 2.27. The van der Waals surface area contributed by atoms with Crippen LogP contribution in [0.15, 0.2) is 54.7 Å². The Hall–Kier alpha value is -4.21. The summed E-state index contributed by atoms with van der Waals surface area (Å²) in [5.41, 5.74) is 2.77. The number of aryl methyl sites for hydroxylation is 1. The van der Waals surface area contributed by atoms with Gasteiger partial charge >= 0.3 is 0 Å². The summed E-state index contributed by atoms with van der Waals surface area (Å²) in [4.78, 5) is 39.6. The molecule has 3 N–H and O–H groups in total. The van der Waals surface area contributed by atoms with Crippen LogP contribution in [0.25, 0.3) is 0 Å². The molecule has 10 nitrogen and oxygen atoms in total. The summed E-state index contributed by atoms with van der Waals surface area (Å²) in [7, 11) is 0. The van der Waals surface area contributed by atoms with Crippen LogP contribution in [0, 0.1) is 6.92 Å². The Bertz CT molecular complexity index is 1240. The van der Waals surface area contributed by atoms with Crippen molar-refractivity contribution < 1.29 is 19.1 Å². The van der Waals surface area contributed by atoms with Gasteiger partial charge in [0.2, 0.25) is 11.8 Å². The van der Waals surface area contributed by atoms with E-state index in [1.807, 2.05) is 50.2 Å². The maximum Gasteiger partial charge on any atom is 0.252 e. The first-order chi connectivity index (χ1) is 17.9. The minimum absolute atomic E-state index is 0.164. The fraction of sp³-hybridized carbons (Fsp3) is 0.370. The Morgan fingerprint density at radius 3 is 2.62 bits per heavy atom. The van der Waals surface area contributed by atoms with E-state index in [0.29, 0.717) is 49.4 Å². The van der Waals surface area contributed by atoms with E-state index in [1.165, 1.54) is 0 Å². The highest BCUT2D eigenvalue weighted by atomic mass is 16.5. The van der Waals surface area contributed by atoms with Crippen LogP contribution in [-0.2, 0) is 29.1 Å². The van der Waals surface area contributed by atoms with Crippen molar-refractivity contribution in [3.05, 3.63) is 77.1 Å². The molecule has 0 unspecified atom stereocenters. The lowest BCUT2D eigenvalue weighted by molar-refractivity contribution is -0.130. The molecule has 10 heteroatoms. The van der Waals surface area contributed by atoms with E-state index < -0.39 is 18.0 Å². The number of carbonyl (C=O) groups excluding carboxylic acids is 3. The molecule has 4 bridgehead atoms. The zero-order valence-electron chi connectivity index (χ0n) is 21.1. The van der Waals surface area contributed by atoms with Crippen LogP contribution >= 0.6 is 0 Å². The van der Waals surface area contributed by atoms with Crippen molar-refractivity contribution in [2.75, 3.05) is 6.61 Å². The number of hydrogen-bond donors (Lipinski definition) is 3. The van der Waals surface area contributed by atoms with Gasteiger partial charge in [-0.3, -0.25) is 14.4 Å². The quantitative estimate of drug-likeness (QED) is 0.498.